The minimum atomic E-state index is -0.290. The highest BCUT2D eigenvalue weighted by molar-refractivity contribution is 8.14. The van der Waals surface area contributed by atoms with Gasteiger partial charge >= 0.3 is 0 Å². The Bertz CT molecular complexity index is 1340. The lowest BCUT2D eigenvalue weighted by Crippen LogP contribution is -2.37. The van der Waals surface area contributed by atoms with Gasteiger partial charge in [-0.05, 0) is 57.8 Å². The molecule has 3 aromatic carbocycles. The molecule has 2 N–H and O–H groups in total. The van der Waals surface area contributed by atoms with Crippen molar-refractivity contribution in [3.63, 3.8) is 0 Å². The van der Waals surface area contributed by atoms with E-state index in [0.29, 0.717) is 28.1 Å². The van der Waals surface area contributed by atoms with Crippen LogP contribution in [0.4, 0.5) is 0 Å². The maximum Gasteiger partial charge on any atom is 0.279 e. The first-order chi connectivity index (χ1) is 17.1. The van der Waals surface area contributed by atoms with Crippen molar-refractivity contribution < 1.29 is 4.79 Å². The molecule has 0 spiro atoms. The van der Waals surface area contributed by atoms with E-state index in [0.717, 1.165) is 28.7 Å². The molecule has 176 valence electrons. The third kappa shape index (κ3) is 5.27. The van der Waals surface area contributed by atoms with Gasteiger partial charge in [-0.15, -0.1) is 5.10 Å². The summed E-state index contributed by atoms with van der Waals surface area (Å²) in [6, 6.07) is 23.1. The smallest absolute Gasteiger partial charge is 0.279 e. The molecule has 2 heterocycles. The number of thioether (sulfide) groups is 1. The first-order valence-corrected chi connectivity index (χ1v) is 12.4. The van der Waals surface area contributed by atoms with E-state index in [1.54, 1.807) is 36.0 Å². The third-order valence-electron chi connectivity index (χ3n) is 5.57. The van der Waals surface area contributed by atoms with Gasteiger partial charge < -0.3 is 0 Å². The molecular weight excluding hydrogens is 482 g/mol. The van der Waals surface area contributed by atoms with Crippen LogP contribution in [0.5, 0.6) is 0 Å². The monoisotopic (exact) mass is 503 g/mol. The van der Waals surface area contributed by atoms with Gasteiger partial charge in [0.05, 0.1) is 11.9 Å². The number of carbonyl (C=O) groups is 1. The number of carbonyl (C=O) groups excluding carboxylic acids is 1. The Kier molecular flexibility index (Phi) is 6.89. The normalized spacial score (nSPS) is 16.7. The van der Waals surface area contributed by atoms with Gasteiger partial charge in [0.1, 0.15) is 0 Å². The lowest BCUT2D eigenvalue weighted by molar-refractivity contribution is 0.100. The molecule has 0 aliphatic carbocycles. The van der Waals surface area contributed by atoms with Crippen molar-refractivity contribution >= 4 is 34.4 Å². The van der Waals surface area contributed by atoms with E-state index in [2.05, 4.69) is 62.2 Å². The first kappa shape index (κ1) is 23.2. The fraction of sp³-hybridized carbons (Fsp3) is 0.160. The van der Waals surface area contributed by atoms with Crippen LogP contribution in [0.3, 0.4) is 0 Å². The highest BCUT2D eigenvalue weighted by atomic mass is 35.5. The highest BCUT2D eigenvalue weighted by Gasteiger charge is 2.28. The summed E-state index contributed by atoms with van der Waals surface area (Å²) in [5.74, 6) is 0.335. The number of nitrogens with zero attached hydrogens (tertiary/aromatic N) is 5. The number of aliphatic imine (C=N–C) groups is 1. The van der Waals surface area contributed by atoms with E-state index in [4.69, 9.17) is 11.6 Å². The zero-order valence-electron chi connectivity index (χ0n) is 18.9. The van der Waals surface area contributed by atoms with Gasteiger partial charge in [-0.2, -0.15) is 4.99 Å². The minimum Gasteiger partial charge on any atom is -0.281 e. The van der Waals surface area contributed by atoms with Crippen LogP contribution in [0.25, 0.3) is 22.5 Å². The number of amidine groups is 1. The number of hydrogen-bond acceptors (Lipinski definition) is 6. The summed E-state index contributed by atoms with van der Waals surface area (Å²) in [4.78, 5) is 17.1. The second-order valence-electron chi connectivity index (χ2n) is 7.93. The maximum atomic E-state index is 12.7. The lowest BCUT2D eigenvalue weighted by Gasteiger charge is -2.19. The second kappa shape index (κ2) is 10.4. The van der Waals surface area contributed by atoms with Crippen LogP contribution in [-0.2, 0) is 6.54 Å². The predicted molar refractivity (Wildman–Crippen MR) is 139 cm³/mol. The number of nitrogens with one attached hydrogen (secondary N) is 2. The number of aromatic amines is 1. The molecule has 1 atom stereocenters. The molecule has 35 heavy (non-hydrogen) atoms. The summed E-state index contributed by atoms with van der Waals surface area (Å²) in [5.41, 5.74) is 8.07. The Morgan fingerprint density at radius 2 is 1.80 bits per heavy atom. The van der Waals surface area contributed by atoms with Crippen LogP contribution >= 0.6 is 23.4 Å². The van der Waals surface area contributed by atoms with Crippen molar-refractivity contribution in [1.29, 1.82) is 0 Å². The van der Waals surface area contributed by atoms with Gasteiger partial charge in [0, 0.05) is 16.1 Å². The quantitative estimate of drug-likeness (QED) is 0.374. The number of amides is 1. The SMILES string of the molecule is CCC1NN(Cc2ccc(-c3ccccc3-c3nnn[nH]3)cc2)C(=NC(=O)c2ccc(Cl)cc2)S1. The predicted octanol–water partition coefficient (Wildman–Crippen LogP) is 5.17. The standard InChI is InChI=1S/C25H22ClN7OS/c1-2-22-30-33(25(35-22)27-24(34)18-11-13-19(26)14-12-18)15-16-7-9-17(10-8-16)20-5-3-4-6-21(20)23-28-31-32-29-23/h3-14,22,30H,2,15H2,1H3,(H,28,29,31,32). The summed E-state index contributed by atoms with van der Waals surface area (Å²) in [7, 11) is 0. The van der Waals surface area contributed by atoms with Crippen LogP contribution in [0.1, 0.15) is 29.3 Å². The van der Waals surface area contributed by atoms with Gasteiger partial charge in [-0.3, -0.25) is 9.80 Å². The lowest BCUT2D eigenvalue weighted by atomic mass is 9.98. The molecule has 0 radical (unpaired) electrons. The van der Waals surface area contributed by atoms with E-state index < -0.39 is 0 Å². The number of hydrazine groups is 1. The summed E-state index contributed by atoms with van der Waals surface area (Å²) in [6.45, 7) is 2.67. The number of rotatable bonds is 6. The van der Waals surface area contributed by atoms with Gasteiger partial charge in [0.15, 0.2) is 11.0 Å². The molecule has 0 saturated carbocycles. The molecule has 10 heteroatoms. The Morgan fingerprint density at radius 3 is 2.49 bits per heavy atom. The molecule has 1 unspecified atom stereocenters. The van der Waals surface area contributed by atoms with Crippen molar-refractivity contribution in [3.8, 4) is 22.5 Å². The van der Waals surface area contributed by atoms with Crippen LogP contribution in [0.15, 0.2) is 77.8 Å². The average Bonchev–Trinajstić information content (AvgIpc) is 3.55. The molecule has 5 rings (SSSR count). The number of hydrogen-bond donors (Lipinski definition) is 2. The largest absolute Gasteiger partial charge is 0.281 e. The molecule has 4 aromatic rings. The van der Waals surface area contributed by atoms with Crippen LogP contribution in [-0.4, -0.2) is 42.1 Å². The summed E-state index contributed by atoms with van der Waals surface area (Å²) in [5, 5.41) is 17.6. The van der Waals surface area contributed by atoms with Gasteiger partial charge in [0.25, 0.3) is 5.91 Å². The third-order valence-corrected chi connectivity index (χ3v) is 7.07. The second-order valence-corrected chi connectivity index (χ2v) is 9.54. The van der Waals surface area contributed by atoms with E-state index in [1.165, 1.54) is 0 Å². The number of H-pyrrole nitrogens is 1. The molecular formula is C25H22ClN7OS. The molecule has 1 amide bonds. The number of benzene rings is 3. The van der Waals surface area contributed by atoms with Crippen LogP contribution in [0.2, 0.25) is 5.02 Å². The number of aromatic nitrogens is 4. The number of halogens is 1. The van der Waals surface area contributed by atoms with E-state index in [9.17, 15) is 4.79 Å². The molecule has 1 aliphatic heterocycles. The van der Waals surface area contributed by atoms with Gasteiger partial charge in [0.2, 0.25) is 0 Å². The van der Waals surface area contributed by atoms with E-state index in [1.807, 2.05) is 29.3 Å². The van der Waals surface area contributed by atoms with Crippen molar-refractivity contribution in [2.45, 2.75) is 25.3 Å². The molecule has 1 aromatic heterocycles. The van der Waals surface area contributed by atoms with Crippen LogP contribution in [0, 0.1) is 0 Å². The van der Waals surface area contributed by atoms with Crippen molar-refractivity contribution in [2.75, 3.05) is 0 Å². The Labute approximate surface area is 211 Å². The zero-order chi connectivity index (χ0) is 24.2. The first-order valence-electron chi connectivity index (χ1n) is 11.1. The molecule has 1 aliphatic rings. The maximum absolute atomic E-state index is 12.7. The Balaban J connectivity index is 1.35. The van der Waals surface area contributed by atoms with Gasteiger partial charge in [-0.25, -0.2) is 10.5 Å². The summed E-state index contributed by atoms with van der Waals surface area (Å²) >= 11 is 7.50. The summed E-state index contributed by atoms with van der Waals surface area (Å²) < 4.78 is 0. The molecule has 1 fully saturated rings. The molecule has 0 bridgehead atoms. The van der Waals surface area contributed by atoms with Crippen molar-refractivity contribution in [3.05, 3.63) is 88.9 Å². The van der Waals surface area contributed by atoms with E-state index >= 15 is 0 Å². The summed E-state index contributed by atoms with van der Waals surface area (Å²) in [6.07, 6.45) is 0.904. The zero-order valence-corrected chi connectivity index (χ0v) is 20.4. The van der Waals surface area contributed by atoms with E-state index in [-0.39, 0.29) is 11.3 Å². The van der Waals surface area contributed by atoms with Crippen LogP contribution < -0.4 is 5.43 Å². The fourth-order valence-electron chi connectivity index (χ4n) is 3.75. The molecule has 8 nitrogen and oxygen atoms in total. The van der Waals surface area contributed by atoms with Gasteiger partial charge in [-0.1, -0.05) is 78.8 Å². The topological polar surface area (TPSA) is 99.2 Å². The van der Waals surface area contributed by atoms with Crippen molar-refractivity contribution in [1.82, 2.24) is 31.1 Å². The Hall–Kier alpha value is -3.53. The number of tetrazole rings is 1. The average molecular weight is 504 g/mol. The van der Waals surface area contributed by atoms with Crippen molar-refractivity contribution in [2.24, 2.45) is 4.99 Å². The highest BCUT2D eigenvalue weighted by Crippen LogP contribution is 2.31. The fourth-order valence-corrected chi connectivity index (χ4v) is 4.86. The Morgan fingerprint density at radius 1 is 1.06 bits per heavy atom. The minimum absolute atomic E-state index is 0.161. The molecule has 1 saturated heterocycles.